The second-order valence-corrected chi connectivity index (χ2v) is 8.09. The molecule has 2 aromatic carbocycles. The maximum Gasteiger partial charge on any atom is 0.417 e. The maximum absolute atomic E-state index is 13.4. The lowest BCUT2D eigenvalue weighted by Crippen LogP contribution is -2.39. The Labute approximate surface area is 187 Å². The molecule has 33 heavy (non-hydrogen) atoms. The summed E-state index contributed by atoms with van der Waals surface area (Å²) in [4.78, 5) is 24.9. The zero-order valence-corrected chi connectivity index (χ0v) is 17.9. The van der Waals surface area contributed by atoms with Crippen LogP contribution in [0.2, 0.25) is 0 Å². The number of hydrogen-bond acceptors (Lipinski definition) is 7. The summed E-state index contributed by atoms with van der Waals surface area (Å²) >= 11 is 0. The van der Waals surface area contributed by atoms with E-state index in [0.29, 0.717) is 36.0 Å². The highest BCUT2D eigenvalue weighted by atomic mass is 19.3. The molecule has 0 saturated carbocycles. The molecule has 3 heterocycles. The van der Waals surface area contributed by atoms with E-state index < -0.39 is 11.7 Å². The monoisotopic (exact) mass is 452 g/mol. The highest BCUT2D eigenvalue weighted by Crippen LogP contribution is 2.31. The van der Waals surface area contributed by atoms with Gasteiger partial charge in [-0.25, -0.2) is 18.6 Å². The number of piperidine rings is 1. The van der Waals surface area contributed by atoms with E-state index in [4.69, 9.17) is 4.42 Å². The molecule has 3 N–H and O–H groups in total. The van der Waals surface area contributed by atoms with Gasteiger partial charge >= 0.3 is 5.76 Å². The van der Waals surface area contributed by atoms with Crippen LogP contribution in [0.4, 0.5) is 37.6 Å². The molecule has 2 aromatic heterocycles. The molecule has 1 fully saturated rings. The lowest BCUT2D eigenvalue weighted by atomic mass is 10.1. The van der Waals surface area contributed by atoms with Crippen molar-refractivity contribution in [2.24, 2.45) is 0 Å². The molecule has 1 aliphatic heterocycles. The zero-order chi connectivity index (χ0) is 23.0. The van der Waals surface area contributed by atoms with Crippen LogP contribution >= 0.6 is 0 Å². The molecule has 0 spiro atoms. The first-order valence-corrected chi connectivity index (χ1v) is 10.6. The normalized spacial score (nSPS) is 15.5. The van der Waals surface area contributed by atoms with Crippen molar-refractivity contribution in [3.05, 3.63) is 64.8 Å². The minimum absolute atomic E-state index is 0.121. The molecule has 0 radical (unpaired) electrons. The molecule has 0 amide bonds. The average Bonchev–Trinajstić information content (AvgIpc) is 3.16. The van der Waals surface area contributed by atoms with Gasteiger partial charge in [0.05, 0.1) is 5.52 Å². The number of fused-ring (bicyclic) bond motifs is 1. The van der Waals surface area contributed by atoms with Crippen molar-refractivity contribution >= 4 is 39.9 Å². The number of nitrogens with one attached hydrogen (secondary N) is 3. The Balaban J connectivity index is 1.29. The third-order valence-electron chi connectivity index (χ3n) is 5.64. The minimum atomic E-state index is -2.56. The molecule has 0 atom stereocenters. The van der Waals surface area contributed by atoms with Gasteiger partial charge in [-0.3, -0.25) is 4.98 Å². The van der Waals surface area contributed by atoms with Crippen LogP contribution in [-0.4, -0.2) is 34.0 Å². The highest BCUT2D eigenvalue weighted by Gasteiger charge is 2.33. The SMILES string of the molecule is Cc1cnc(Nc2ccc(N3CCC(F)(F)CC3)cc2)nc1Nc1ccc2oc(=O)[nH]c2c1. The summed E-state index contributed by atoms with van der Waals surface area (Å²) in [5, 5.41) is 6.41. The van der Waals surface area contributed by atoms with Gasteiger partial charge in [-0.15, -0.1) is 0 Å². The minimum Gasteiger partial charge on any atom is -0.408 e. The molecule has 1 saturated heterocycles. The van der Waals surface area contributed by atoms with Crippen LogP contribution in [0, 0.1) is 6.92 Å². The summed E-state index contributed by atoms with van der Waals surface area (Å²) in [5.74, 6) is -2.04. The van der Waals surface area contributed by atoms with E-state index >= 15 is 0 Å². The van der Waals surface area contributed by atoms with E-state index in [2.05, 4.69) is 25.6 Å². The van der Waals surface area contributed by atoms with Gasteiger partial charge in [0.15, 0.2) is 5.58 Å². The van der Waals surface area contributed by atoms with Crippen LogP contribution in [-0.2, 0) is 0 Å². The number of aromatic nitrogens is 3. The second-order valence-electron chi connectivity index (χ2n) is 8.09. The molecule has 4 aromatic rings. The van der Waals surface area contributed by atoms with Gasteiger partial charge in [0.25, 0.3) is 5.92 Å². The Morgan fingerprint density at radius 3 is 2.55 bits per heavy atom. The van der Waals surface area contributed by atoms with E-state index in [1.807, 2.05) is 36.1 Å². The fourth-order valence-electron chi connectivity index (χ4n) is 3.77. The van der Waals surface area contributed by atoms with Crippen LogP contribution in [0.1, 0.15) is 18.4 Å². The van der Waals surface area contributed by atoms with E-state index in [0.717, 1.165) is 22.6 Å². The Kier molecular flexibility index (Phi) is 5.20. The fourth-order valence-corrected chi connectivity index (χ4v) is 3.77. The first-order valence-electron chi connectivity index (χ1n) is 10.6. The number of oxazole rings is 1. The number of alkyl halides is 2. The summed E-state index contributed by atoms with van der Waals surface area (Å²) in [6.07, 6.45) is 1.46. The molecule has 170 valence electrons. The summed E-state index contributed by atoms with van der Waals surface area (Å²) in [6.45, 7) is 2.57. The molecular formula is C23H22F2N6O2. The quantitative estimate of drug-likeness (QED) is 0.394. The number of halogens is 2. The Morgan fingerprint density at radius 2 is 1.79 bits per heavy atom. The molecule has 5 rings (SSSR count). The molecule has 10 heteroatoms. The van der Waals surface area contributed by atoms with Gasteiger partial charge in [0, 0.05) is 54.8 Å². The van der Waals surface area contributed by atoms with E-state index in [-0.39, 0.29) is 12.8 Å². The molecule has 0 bridgehead atoms. The molecule has 0 unspecified atom stereocenters. The average molecular weight is 452 g/mol. The van der Waals surface area contributed by atoms with Crippen LogP contribution in [0.15, 0.2) is 57.9 Å². The summed E-state index contributed by atoms with van der Waals surface area (Å²) in [7, 11) is 0. The molecule has 8 nitrogen and oxygen atoms in total. The first-order chi connectivity index (χ1) is 15.8. The standard InChI is InChI=1S/C23H22F2N6O2/c1-14-13-26-21(30-20(14)27-16-4-7-19-18(12-16)29-22(32)33-19)28-15-2-5-17(6-3-15)31-10-8-23(24,25)9-11-31/h2-7,12-13H,8-11H2,1H3,(H,29,32)(H2,26,27,28,30). The maximum atomic E-state index is 13.4. The summed E-state index contributed by atoms with van der Waals surface area (Å²) in [6, 6.07) is 12.8. The molecule has 1 aliphatic rings. The van der Waals surface area contributed by atoms with Crippen LogP contribution in [0.25, 0.3) is 11.1 Å². The van der Waals surface area contributed by atoms with E-state index in [9.17, 15) is 13.6 Å². The highest BCUT2D eigenvalue weighted by molar-refractivity contribution is 5.78. The second kappa shape index (κ2) is 8.19. The number of H-pyrrole nitrogens is 1. The summed E-state index contributed by atoms with van der Waals surface area (Å²) < 4.78 is 31.8. The third-order valence-corrected chi connectivity index (χ3v) is 5.64. The van der Waals surface area contributed by atoms with Gasteiger partial charge in [-0.2, -0.15) is 4.98 Å². The van der Waals surface area contributed by atoms with Crippen molar-refractivity contribution in [3.8, 4) is 0 Å². The number of benzene rings is 2. The smallest absolute Gasteiger partial charge is 0.408 e. The Hall–Kier alpha value is -3.95. The number of aryl methyl sites for hydroxylation is 1. The van der Waals surface area contributed by atoms with E-state index in [1.54, 1.807) is 24.4 Å². The predicted octanol–water partition coefficient (Wildman–Crippen LogP) is 4.94. The van der Waals surface area contributed by atoms with Gasteiger partial charge in [0.1, 0.15) is 5.82 Å². The van der Waals surface area contributed by atoms with Crippen molar-refractivity contribution in [2.45, 2.75) is 25.7 Å². The van der Waals surface area contributed by atoms with Gasteiger partial charge in [-0.1, -0.05) is 0 Å². The predicted molar refractivity (Wildman–Crippen MR) is 123 cm³/mol. The lowest BCUT2D eigenvalue weighted by molar-refractivity contribution is -0.0220. The van der Waals surface area contributed by atoms with Crippen LogP contribution < -0.4 is 21.3 Å². The number of nitrogens with zero attached hydrogens (tertiary/aromatic N) is 3. The number of rotatable bonds is 5. The number of hydrogen-bond donors (Lipinski definition) is 3. The van der Waals surface area contributed by atoms with Crippen molar-refractivity contribution in [3.63, 3.8) is 0 Å². The number of aromatic amines is 1. The fraction of sp³-hybridized carbons (Fsp3) is 0.261. The van der Waals surface area contributed by atoms with Crippen molar-refractivity contribution in [1.29, 1.82) is 0 Å². The van der Waals surface area contributed by atoms with Crippen molar-refractivity contribution in [1.82, 2.24) is 15.0 Å². The van der Waals surface area contributed by atoms with Crippen molar-refractivity contribution < 1.29 is 13.2 Å². The Morgan fingerprint density at radius 1 is 1.06 bits per heavy atom. The topological polar surface area (TPSA) is 99.1 Å². The lowest BCUT2D eigenvalue weighted by Gasteiger charge is -2.33. The zero-order valence-electron chi connectivity index (χ0n) is 17.9. The third kappa shape index (κ3) is 4.64. The molecular weight excluding hydrogens is 430 g/mol. The molecule has 0 aliphatic carbocycles. The Bertz CT molecular complexity index is 1340. The van der Waals surface area contributed by atoms with E-state index in [1.165, 1.54) is 0 Å². The number of anilines is 5. The summed E-state index contributed by atoms with van der Waals surface area (Å²) in [5.41, 5.74) is 4.35. The van der Waals surface area contributed by atoms with Crippen molar-refractivity contribution in [2.75, 3.05) is 28.6 Å². The van der Waals surface area contributed by atoms with Crippen LogP contribution in [0.3, 0.4) is 0 Å². The first kappa shape index (κ1) is 20.9. The van der Waals surface area contributed by atoms with Crippen LogP contribution in [0.5, 0.6) is 0 Å². The van der Waals surface area contributed by atoms with Gasteiger partial charge < -0.3 is 20.0 Å². The van der Waals surface area contributed by atoms with Gasteiger partial charge in [-0.05, 0) is 49.4 Å². The van der Waals surface area contributed by atoms with Gasteiger partial charge in [0.2, 0.25) is 5.95 Å². The largest absolute Gasteiger partial charge is 0.417 e.